The molecule has 0 fully saturated rings. The first-order chi connectivity index (χ1) is 10.5. The van der Waals surface area contributed by atoms with Crippen molar-refractivity contribution in [3.05, 3.63) is 68.6 Å². The van der Waals surface area contributed by atoms with E-state index in [1.54, 1.807) is 6.07 Å². The molecule has 1 aromatic heterocycles. The molecule has 0 amide bonds. The predicted molar refractivity (Wildman–Crippen MR) is 90.6 cm³/mol. The molecular weight excluding hydrogens is 298 g/mol. The van der Waals surface area contributed by atoms with Gasteiger partial charge in [-0.15, -0.1) is 0 Å². The molecule has 0 atom stereocenters. The molecule has 0 aliphatic carbocycles. The lowest BCUT2D eigenvalue weighted by Crippen LogP contribution is -2.08. The minimum absolute atomic E-state index is 0.236. The Kier molecular flexibility index (Phi) is 3.86. The van der Waals surface area contributed by atoms with Crippen molar-refractivity contribution in [3.8, 4) is 0 Å². The number of halogens is 1. The second-order valence-corrected chi connectivity index (χ2v) is 5.73. The Morgan fingerprint density at radius 3 is 2.68 bits per heavy atom. The third-order valence-corrected chi connectivity index (χ3v) is 4.10. The van der Waals surface area contributed by atoms with Crippen molar-refractivity contribution in [3.63, 3.8) is 0 Å². The van der Waals surface area contributed by atoms with Crippen LogP contribution in [0.4, 0.5) is 5.69 Å². The van der Waals surface area contributed by atoms with Crippen LogP contribution < -0.4 is 10.9 Å². The Morgan fingerprint density at radius 1 is 1.09 bits per heavy atom. The maximum absolute atomic E-state index is 11.7. The molecule has 1 heterocycles. The molecule has 2 N–H and O–H groups in total. The van der Waals surface area contributed by atoms with Crippen LogP contribution in [-0.2, 0) is 6.54 Å². The summed E-state index contributed by atoms with van der Waals surface area (Å²) in [5.74, 6) is 0. The highest BCUT2D eigenvalue weighted by molar-refractivity contribution is 6.34. The van der Waals surface area contributed by atoms with E-state index in [1.807, 2.05) is 12.1 Å². The average Bonchev–Trinajstić information content (AvgIpc) is 2.52. The third kappa shape index (κ3) is 2.83. The van der Waals surface area contributed by atoms with Gasteiger partial charge < -0.3 is 5.32 Å². The molecule has 22 heavy (non-hydrogen) atoms. The van der Waals surface area contributed by atoms with Crippen LogP contribution in [0.2, 0.25) is 5.15 Å². The molecule has 0 radical (unpaired) electrons. The van der Waals surface area contributed by atoms with Gasteiger partial charge in [0.25, 0.3) is 5.56 Å². The number of H-pyrrole nitrogens is 1. The van der Waals surface area contributed by atoms with Crippen molar-refractivity contribution >= 4 is 28.1 Å². The maximum atomic E-state index is 11.7. The number of aromatic nitrogens is 2. The van der Waals surface area contributed by atoms with Crippen LogP contribution in [0.5, 0.6) is 0 Å². The lowest BCUT2D eigenvalue weighted by atomic mass is 10.1. The fourth-order valence-electron chi connectivity index (χ4n) is 2.36. The van der Waals surface area contributed by atoms with Crippen LogP contribution in [0.1, 0.15) is 16.7 Å². The van der Waals surface area contributed by atoms with Crippen molar-refractivity contribution in [2.24, 2.45) is 0 Å². The number of anilines is 1. The molecular formula is C17H16ClN3O. The van der Waals surface area contributed by atoms with E-state index in [4.69, 9.17) is 11.6 Å². The molecule has 2 aromatic carbocycles. The van der Waals surface area contributed by atoms with Crippen molar-refractivity contribution in [2.45, 2.75) is 20.4 Å². The van der Waals surface area contributed by atoms with E-state index in [2.05, 4.69) is 47.6 Å². The van der Waals surface area contributed by atoms with Gasteiger partial charge in [-0.2, -0.15) is 5.10 Å². The van der Waals surface area contributed by atoms with Gasteiger partial charge in [0, 0.05) is 17.6 Å². The van der Waals surface area contributed by atoms with Gasteiger partial charge in [0.15, 0.2) is 5.15 Å². The predicted octanol–water partition coefficient (Wildman–Crippen LogP) is 3.81. The number of nitrogens with one attached hydrogen (secondary N) is 2. The molecule has 0 aliphatic rings. The van der Waals surface area contributed by atoms with Gasteiger partial charge in [-0.1, -0.05) is 29.8 Å². The van der Waals surface area contributed by atoms with E-state index in [0.717, 1.165) is 5.69 Å². The van der Waals surface area contributed by atoms with Gasteiger partial charge in [0.1, 0.15) is 0 Å². The summed E-state index contributed by atoms with van der Waals surface area (Å²) in [5.41, 5.74) is 4.43. The van der Waals surface area contributed by atoms with Crippen LogP contribution in [0, 0.1) is 13.8 Å². The van der Waals surface area contributed by atoms with E-state index in [9.17, 15) is 4.79 Å². The summed E-state index contributed by atoms with van der Waals surface area (Å²) in [6, 6.07) is 11.9. The van der Waals surface area contributed by atoms with Crippen molar-refractivity contribution in [1.29, 1.82) is 0 Å². The first-order valence-corrected chi connectivity index (χ1v) is 7.40. The smallest absolute Gasteiger partial charge is 0.272 e. The Balaban J connectivity index is 1.86. The zero-order chi connectivity index (χ0) is 15.7. The monoisotopic (exact) mass is 313 g/mol. The lowest BCUT2D eigenvalue weighted by Gasteiger charge is -2.09. The molecule has 5 heteroatoms. The zero-order valence-corrected chi connectivity index (χ0v) is 13.2. The minimum Gasteiger partial charge on any atom is -0.381 e. The Labute approximate surface area is 133 Å². The van der Waals surface area contributed by atoms with Crippen LogP contribution >= 0.6 is 11.6 Å². The fourth-order valence-corrected chi connectivity index (χ4v) is 2.56. The molecule has 0 bridgehead atoms. The Morgan fingerprint density at radius 2 is 1.91 bits per heavy atom. The molecule has 0 aliphatic heterocycles. The second kappa shape index (κ2) is 5.81. The minimum atomic E-state index is -0.236. The summed E-state index contributed by atoms with van der Waals surface area (Å²) >= 11 is 6.05. The van der Waals surface area contributed by atoms with Crippen molar-refractivity contribution < 1.29 is 0 Å². The number of hydrogen-bond acceptors (Lipinski definition) is 3. The highest BCUT2D eigenvalue weighted by atomic mass is 35.5. The SMILES string of the molecule is Cc1ccc(CNc2ccc3c(=O)[nH]nc(Cl)c3c2)cc1C. The normalized spacial score (nSPS) is 10.9. The Bertz CT molecular complexity index is 902. The van der Waals surface area contributed by atoms with Crippen LogP contribution in [0.25, 0.3) is 10.8 Å². The van der Waals surface area contributed by atoms with E-state index in [-0.39, 0.29) is 5.56 Å². The van der Waals surface area contributed by atoms with Crippen molar-refractivity contribution in [2.75, 3.05) is 5.32 Å². The third-order valence-electron chi connectivity index (χ3n) is 3.81. The summed E-state index contributed by atoms with van der Waals surface area (Å²) in [5, 5.41) is 11.0. The summed E-state index contributed by atoms with van der Waals surface area (Å²) in [4.78, 5) is 11.7. The van der Waals surface area contributed by atoms with Gasteiger partial charge in [-0.25, -0.2) is 5.10 Å². The van der Waals surface area contributed by atoms with Crippen LogP contribution in [0.15, 0.2) is 41.2 Å². The first-order valence-electron chi connectivity index (χ1n) is 7.02. The molecule has 4 nitrogen and oxygen atoms in total. The van der Waals surface area contributed by atoms with Crippen LogP contribution in [-0.4, -0.2) is 10.2 Å². The molecule has 0 spiro atoms. The number of hydrogen-bond donors (Lipinski definition) is 2. The summed E-state index contributed by atoms with van der Waals surface area (Å²) in [7, 11) is 0. The second-order valence-electron chi connectivity index (χ2n) is 5.38. The fraction of sp³-hybridized carbons (Fsp3) is 0.176. The molecule has 112 valence electrons. The van der Waals surface area contributed by atoms with E-state index < -0.39 is 0 Å². The topological polar surface area (TPSA) is 57.8 Å². The van der Waals surface area contributed by atoms with Gasteiger partial charge in [0.05, 0.1) is 5.39 Å². The zero-order valence-electron chi connectivity index (χ0n) is 12.4. The van der Waals surface area contributed by atoms with E-state index in [0.29, 0.717) is 22.5 Å². The van der Waals surface area contributed by atoms with Crippen LogP contribution in [0.3, 0.4) is 0 Å². The quantitative estimate of drug-likeness (QED) is 0.773. The lowest BCUT2D eigenvalue weighted by molar-refractivity contribution is 1.01. The number of aromatic amines is 1. The average molecular weight is 314 g/mol. The number of nitrogens with zero attached hydrogens (tertiary/aromatic N) is 1. The molecule has 0 saturated heterocycles. The highest BCUT2D eigenvalue weighted by Crippen LogP contribution is 2.22. The maximum Gasteiger partial charge on any atom is 0.272 e. The number of fused-ring (bicyclic) bond motifs is 1. The van der Waals surface area contributed by atoms with Gasteiger partial charge in [-0.3, -0.25) is 4.79 Å². The summed E-state index contributed by atoms with van der Waals surface area (Å²) in [6.45, 7) is 4.91. The first kappa shape index (κ1) is 14.6. The van der Waals surface area contributed by atoms with Gasteiger partial charge >= 0.3 is 0 Å². The Hall–Kier alpha value is -2.33. The van der Waals surface area contributed by atoms with E-state index in [1.165, 1.54) is 16.7 Å². The van der Waals surface area contributed by atoms with Crippen molar-refractivity contribution in [1.82, 2.24) is 10.2 Å². The highest BCUT2D eigenvalue weighted by Gasteiger charge is 2.05. The molecule has 3 rings (SSSR count). The summed E-state index contributed by atoms with van der Waals surface area (Å²) < 4.78 is 0. The number of aryl methyl sites for hydroxylation is 2. The molecule has 3 aromatic rings. The molecule has 0 unspecified atom stereocenters. The van der Waals surface area contributed by atoms with Gasteiger partial charge in [0.2, 0.25) is 0 Å². The standard InChI is InChI=1S/C17H16ClN3O/c1-10-3-4-12(7-11(10)2)9-19-13-5-6-14-15(8-13)16(18)20-21-17(14)22/h3-8,19H,9H2,1-2H3,(H,21,22). The number of benzene rings is 2. The van der Waals surface area contributed by atoms with E-state index >= 15 is 0 Å². The number of rotatable bonds is 3. The van der Waals surface area contributed by atoms with Gasteiger partial charge in [-0.05, 0) is 48.7 Å². The largest absolute Gasteiger partial charge is 0.381 e. The summed E-state index contributed by atoms with van der Waals surface area (Å²) in [6.07, 6.45) is 0. The molecule has 0 saturated carbocycles.